The number of benzene rings is 2. The maximum absolute atomic E-state index is 12.6. The van der Waals surface area contributed by atoms with Crippen molar-refractivity contribution in [2.75, 3.05) is 26.7 Å². The van der Waals surface area contributed by atoms with Crippen molar-refractivity contribution in [3.63, 3.8) is 0 Å². The van der Waals surface area contributed by atoms with Gasteiger partial charge in [-0.1, -0.05) is 35.5 Å². The Morgan fingerprint density at radius 2 is 1.86 bits per heavy atom. The van der Waals surface area contributed by atoms with Crippen molar-refractivity contribution in [1.29, 1.82) is 0 Å². The third kappa shape index (κ3) is 4.84. The molecule has 29 heavy (non-hydrogen) atoms. The summed E-state index contributed by atoms with van der Waals surface area (Å²) < 4.78 is 30.7. The van der Waals surface area contributed by atoms with Crippen LogP contribution in [-0.2, 0) is 15.6 Å². The molecule has 2 heterocycles. The lowest BCUT2D eigenvalue weighted by Gasteiger charge is -2.30. The van der Waals surface area contributed by atoms with Gasteiger partial charge >= 0.3 is 0 Å². The van der Waals surface area contributed by atoms with Gasteiger partial charge < -0.3 is 9.84 Å². The monoisotopic (exact) mass is 434 g/mol. The lowest BCUT2D eigenvalue weighted by atomic mass is 10.2. The Hall–Kier alpha value is -2.26. The van der Waals surface area contributed by atoms with Crippen LogP contribution in [0.3, 0.4) is 0 Å². The lowest BCUT2D eigenvalue weighted by molar-refractivity contribution is 0.190. The highest BCUT2D eigenvalue weighted by Gasteiger charge is 2.25. The van der Waals surface area contributed by atoms with Gasteiger partial charge in [0.15, 0.2) is 15.7 Å². The van der Waals surface area contributed by atoms with Crippen LogP contribution < -0.4 is 5.32 Å². The molecule has 0 aliphatic carbocycles. The van der Waals surface area contributed by atoms with Gasteiger partial charge in [0.05, 0.1) is 16.7 Å². The van der Waals surface area contributed by atoms with Crippen LogP contribution >= 0.6 is 12.4 Å². The topological polar surface area (TPSA) is 88.3 Å². The number of hydrogen-bond donors (Lipinski definition) is 1. The summed E-state index contributed by atoms with van der Waals surface area (Å²) in [7, 11) is -1.38. The average molecular weight is 435 g/mol. The van der Waals surface area contributed by atoms with Crippen LogP contribution in [0.2, 0.25) is 0 Å². The minimum atomic E-state index is -3.41. The molecule has 7 nitrogen and oxygen atoms in total. The van der Waals surface area contributed by atoms with Crippen LogP contribution in [0, 0.1) is 0 Å². The van der Waals surface area contributed by atoms with Gasteiger partial charge in [-0.05, 0) is 36.9 Å². The Labute approximate surface area is 176 Å². The minimum absolute atomic E-state index is 0. The molecular weight excluding hydrogens is 412 g/mol. The van der Waals surface area contributed by atoms with E-state index in [-0.39, 0.29) is 29.1 Å². The molecule has 1 saturated heterocycles. The molecule has 1 unspecified atom stereocenters. The van der Waals surface area contributed by atoms with Gasteiger partial charge in [0, 0.05) is 25.2 Å². The maximum atomic E-state index is 12.6. The molecule has 1 fully saturated rings. The fourth-order valence-corrected chi connectivity index (χ4v) is 4.61. The Morgan fingerprint density at radius 3 is 2.55 bits per heavy atom. The van der Waals surface area contributed by atoms with Crippen molar-refractivity contribution < 1.29 is 12.9 Å². The summed E-state index contributed by atoms with van der Waals surface area (Å²) in [4.78, 5) is 6.96. The van der Waals surface area contributed by atoms with Gasteiger partial charge in [0.25, 0.3) is 5.89 Å². The normalized spacial score (nSPS) is 17.6. The van der Waals surface area contributed by atoms with E-state index in [1.165, 1.54) is 0 Å². The second-order valence-electron chi connectivity index (χ2n) is 6.93. The highest BCUT2D eigenvalue weighted by atomic mass is 35.5. The third-order valence-electron chi connectivity index (χ3n) is 4.91. The molecule has 2 aromatic carbocycles. The van der Waals surface area contributed by atoms with Gasteiger partial charge in [-0.15, -0.1) is 12.4 Å². The summed E-state index contributed by atoms with van der Waals surface area (Å²) in [6.07, 6.45) is 0. The molecule has 0 saturated carbocycles. The Morgan fingerprint density at radius 1 is 1.14 bits per heavy atom. The largest absolute Gasteiger partial charge is 0.334 e. The SMILES string of the molecule is CN1CCNCC1c1noc(-c2ccc(S(=O)(=O)Cc3ccccc3)cc2)n1.Cl. The first kappa shape index (κ1) is 21.4. The van der Waals surface area contributed by atoms with Crippen molar-refractivity contribution in [2.24, 2.45) is 0 Å². The van der Waals surface area contributed by atoms with Gasteiger partial charge in [-0.2, -0.15) is 4.98 Å². The smallest absolute Gasteiger partial charge is 0.257 e. The Bertz CT molecular complexity index is 1040. The first-order valence-electron chi connectivity index (χ1n) is 9.14. The molecule has 0 amide bonds. The Kier molecular flexibility index (Phi) is 6.69. The van der Waals surface area contributed by atoms with Crippen LogP contribution in [0.4, 0.5) is 0 Å². The van der Waals surface area contributed by atoms with Crippen molar-refractivity contribution in [3.05, 3.63) is 66.0 Å². The van der Waals surface area contributed by atoms with Crippen LogP contribution in [-0.4, -0.2) is 50.1 Å². The van der Waals surface area contributed by atoms with Crippen molar-refractivity contribution >= 4 is 22.2 Å². The first-order chi connectivity index (χ1) is 13.5. The number of likely N-dealkylation sites (N-methyl/N-ethyl adjacent to an activating group) is 1. The second kappa shape index (κ2) is 9.04. The van der Waals surface area contributed by atoms with E-state index in [1.54, 1.807) is 24.3 Å². The fourth-order valence-electron chi connectivity index (χ4n) is 3.26. The molecule has 1 aliphatic rings. The molecule has 3 aromatic rings. The summed E-state index contributed by atoms with van der Waals surface area (Å²) in [5.74, 6) is 0.991. The maximum Gasteiger partial charge on any atom is 0.257 e. The highest BCUT2D eigenvalue weighted by molar-refractivity contribution is 7.90. The zero-order valence-corrected chi connectivity index (χ0v) is 17.6. The molecule has 1 atom stereocenters. The van der Waals surface area contributed by atoms with Crippen molar-refractivity contribution in [1.82, 2.24) is 20.4 Å². The van der Waals surface area contributed by atoms with E-state index in [2.05, 4.69) is 20.4 Å². The van der Waals surface area contributed by atoms with Crippen LogP contribution in [0.15, 0.2) is 64.0 Å². The minimum Gasteiger partial charge on any atom is -0.334 e. The summed E-state index contributed by atoms with van der Waals surface area (Å²) >= 11 is 0. The van der Waals surface area contributed by atoms with E-state index < -0.39 is 9.84 Å². The zero-order chi connectivity index (χ0) is 19.6. The number of nitrogens with zero attached hydrogens (tertiary/aromatic N) is 3. The molecular formula is C20H23ClN4O3S. The predicted molar refractivity (Wildman–Crippen MR) is 113 cm³/mol. The van der Waals surface area contributed by atoms with E-state index in [4.69, 9.17) is 4.52 Å². The first-order valence-corrected chi connectivity index (χ1v) is 10.8. The van der Waals surface area contributed by atoms with E-state index in [1.807, 2.05) is 37.4 Å². The second-order valence-corrected chi connectivity index (χ2v) is 8.92. The summed E-state index contributed by atoms with van der Waals surface area (Å²) in [6.45, 7) is 2.63. The summed E-state index contributed by atoms with van der Waals surface area (Å²) in [6, 6.07) is 15.8. The Balaban J connectivity index is 0.00000240. The number of halogens is 1. The van der Waals surface area contributed by atoms with Crippen LogP contribution in [0.25, 0.3) is 11.5 Å². The van der Waals surface area contributed by atoms with E-state index in [9.17, 15) is 8.42 Å². The average Bonchev–Trinajstić information content (AvgIpc) is 3.19. The third-order valence-corrected chi connectivity index (χ3v) is 6.61. The quantitative estimate of drug-likeness (QED) is 0.660. The number of hydrogen-bond acceptors (Lipinski definition) is 7. The van der Waals surface area contributed by atoms with Gasteiger partial charge in [0.2, 0.25) is 0 Å². The van der Waals surface area contributed by atoms with E-state index in [0.717, 1.165) is 25.2 Å². The molecule has 4 rings (SSSR count). The standard InChI is InChI=1S/C20H22N4O3S.ClH/c1-24-12-11-21-13-18(24)19-22-20(27-23-19)16-7-9-17(10-8-16)28(25,26)14-15-5-3-2-4-6-15;/h2-10,18,21H,11-14H2,1H3;1H. The molecule has 1 N–H and O–H groups in total. The van der Waals surface area contributed by atoms with Gasteiger partial charge in [-0.25, -0.2) is 8.42 Å². The van der Waals surface area contributed by atoms with Gasteiger partial charge in [0.1, 0.15) is 0 Å². The van der Waals surface area contributed by atoms with Crippen LogP contribution in [0.5, 0.6) is 0 Å². The molecule has 0 bridgehead atoms. The number of piperazine rings is 1. The number of nitrogens with one attached hydrogen (secondary N) is 1. The van der Waals surface area contributed by atoms with Gasteiger partial charge in [-0.3, -0.25) is 4.90 Å². The predicted octanol–water partition coefficient (Wildman–Crippen LogP) is 2.71. The number of sulfone groups is 1. The lowest BCUT2D eigenvalue weighted by Crippen LogP contribution is -2.44. The zero-order valence-electron chi connectivity index (χ0n) is 16.0. The van der Waals surface area contributed by atoms with Crippen molar-refractivity contribution in [3.8, 4) is 11.5 Å². The molecule has 0 radical (unpaired) electrons. The number of aromatic nitrogens is 2. The van der Waals surface area contributed by atoms with Crippen LogP contribution in [0.1, 0.15) is 17.4 Å². The van der Waals surface area contributed by atoms with E-state index in [0.29, 0.717) is 17.3 Å². The number of rotatable bonds is 5. The molecule has 1 aromatic heterocycles. The summed E-state index contributed by atoms with van der Waals surface area (Å²) in [5.41, 5.74) is 1.46. The fraction of sp³-hybridized carbons (Fsp3) is 0.300. The molecule has 0 spiro atoms. The summed E-state index contributed by atoms with van der Waals surface area (Å²) in [5, 5.41) is 7.43. The molecule has 9 heteroatoms. The molecule has 154 valence electrons. The van der Waals surface area contributed by atoms with Crippen molar-refractivity contribution in [2.45, 2.75) is 16.7 Å². The molecule has 1 aliphatic heterocycles. The van der Waals surface area contributed by atoms with E-state index >= 15 is 0 Å². The highest BCUT2D eigenvalue weighted by Crippen LogP contribution is 2.25.